The van der Waals surface area contributed by atoms with Crippen LogP contribution in [-0.4, -0.2) is 10.5 Å². The van der Waals surface area contributed by atoms with Crippen molar-refractivity contribution in [2.45, 2.75) is 26.1 Å². The molecule has 20 heavy (non-hydrogen) atoms. The molecule has 0 saturated heterocycles. The minimum Gasteiger partial charge on any atom is -0.466 e. The van der Waals surface area contributed by atoms with Crippen LogP contribution < -0.4 is 5.32 Å². The van der Waals surface area contributed by atoms with Gasteiger partial charge >= 0.3 is 0 Å². The van der Waals surface area contributed by atoms with Crippen molar-refractivity contribution in [3.8, 4) is 0 Å². The van der Waals surface area contributed by atoms with Crippen molar-refractivity contribution in [1.29, 1.82) is 0 Å². The highest BCUT2D eigenvalue weighted by Crippen LogP contribution is 2.23. The highest BCUT2D eigenvalue weighted by molar-refractivity contribution is 7.83. The Bertz CT molecular complexity index is 637. The summed E-state index contributed by atoms with van der Waals surface area (Å²) in [5.41, 5.74) is 3.00. The highest BCUT2D eigenvalue weighted by atomic mass is 35.5. The third-order valence-electron chi connectivity index (χ3n) is 3.03. The van der Waals surface area contributed by atoms with Gasteiger partial charge in [-0.15, -0.1) is 0 Å². The molecule has 5 heteroatoms. The summed E-state index contributed by atoms with van der Waals surface area (Å²) in [6, 6.07) is 7.73. The minimum atomic E-state index is -0.903. The zero-order valence-electron chi connectivity index (χ0n) is 11.8. The Morgan fingerprint density at radius 1 is 1.25 bits per heavy atom. The summed E-state index contributed by atoms with van der Waals surface area (Å²) < 4.78 is 16.8. The van der Waals surface area contributed by atoms with Gasteiger partial charge in [-0.3, -0.25) is 4.21 Å². The van der Waals surface area contributed by atoms with E-state index in [9.17, 15) is 4.21 Å². The summed E-state index contributed by atoms with van der Waals surface area (Å²) in [6.07, 6.45) is 1.67. The van der Waals surface area contributed by atoms with E-state index in [1.54, 1.807) is 6.26 Å². The van der Waals surface area contributed by atoms with E-state index in [2.05, 4.69) is 5.32 Å². The summed E-state index contributed by atoms with van der Waals surface area (Å²) in [4.78, 5) is 0. The Labute approximate surface area is 126 Å². The van der Waals surface area contributed by atoms with Gasteiger partial charge in [0.15, 0.2) is 0 Å². The summed E-state index contributed by atoms with van der Waals surface area (Å²) in [7, 11) is -0.903. The van der Waals surface area contributed by atoms with E-state index < -0.39 is 10.8 Å². The molecule has 0 saturated carbocycles. The van der Waals surface area contributed by atoms with Crippen molar-refractivity contribution in [2.75, 3.05) is 11.6 Å². The van der Waals surface area contributed by atoms with E-state index in [1.807, 2.05) is 38.1 Å². The van der Waals surface area contributed by atoms with E-state index in [1.165, 1.54) is 0 Å². The van der Waals surface area contributed by atoms with E-state index in [-0.39, 0.29) is 0 Å². The van der Waals surface area contributed by atoms with E-state index in [0.717, 1.165) is 28.3 Å². The topological polar surface area (TPSA) is 42.2 Å². The average molecular weight is 312 g/mol. The van der Waals surface area contributed by atoms with E-state index >= 15 is 0 Å². The van der Waals surface area contributed by atoms with Crippen molar-refractivity contribution in [3.05, 3.63) is 51.9 Å². The Balaban J connectivity index is 2.10. The minimum absolute atomic E-state index is 0.470. The predicted octanol–water partition coefficient (Wildman–Crippen LogP) is 4.04. The lowest BCUT2D eigenvalue weighted by Gasteiger charge is -2.09. The first-order valence-corrected chi connectivity index (χ1v) is 8.44. The maximum atomic E-state index is 11.3. The van der Waals surface area contributed by atoms with Gasteiger partial charge in [0.1, 0.15) is 11.5 Å². The van der Waals surface area contributed by atoms with Gasteiger partial charge in [-0.05, 0) is 43.7 Å². The summed E-state index contributed by atoms with van der Waals surface area (Å²) >= 11 is 6.11. The summed E-state index contributed by atoms with van der Waals surface area (Å²) in [6.45, 7) is 4.59. The molecular formula is C15H18ClNO2S. The normalized spacial score (nSPS) is 12.4. The van der Waals surface area contributed by atoms with Crippen LogP contribution in [0.4, 0.5) is 5.69 Å². The molecule has 0 spiro atoms. The van der Waals surface area contributed by atoms with Crippen LogP contribution in [0.25, 0.3) is 0 Å². The standard InChI is InChI=1S/C15H18ClNO2S/c1-10-6-12(11(2)19-10)8-17-14-4-5-15(16)13(7-14)9-20(3)18/h4-7,17H,8-9H2,1-3H3/t20-/m0/s1. The molecule has 2 rings (SSSR count). The van der Waals surface area contributed by atoms with Crippen LogP contribution in [0.2, 0.25) is 5.02 Å². The van der Waals surface area contributed by atoms with Crippen LogP contribution in [0, 0.1) is 13.8 Å². The molecule has 1 heterocycles. The molecule has 0 radical (unpaired) electrons. The second-order valence-electron chi connectivity index (χ2n) is 4.82. The first-order chi connectivity index (χ1) is 9.45. The number of hydrogen-bond acceptors (Lipinski definition) is 3. The van der Waals surface area contributed by atoms with E-state index in [0.29, 0.717) is 17.3 Å². The SMILES string of the molecule is Cc1cc(CNc2ccc(Cl)c(C[S@](C)=O)c2)c(C)o1. The first-order valence-electron chi connectivity index (χ1n) is 6.34. The largest absolute Gasteiger partial charge is 0.466 e. The van der Waals surface area contributed by atoms with Crippen molar-refractivity contribution >= 4 is 28.1 Å². The molecule has 1 N–H and O–H groups in total. The number of halogens is 1. The zero-order valence-corrected chi connectivity index (χ0v) is 13.4. The maximum Gasteiger partial charge on any atom is 0.106 e. The molecule has 3 nitrogen and oxygen atoms in total. The number of nitrogens with one attached hydrogen (secondary N) is 1. The number of rotatable bonds is 5. The number of benzene rings is 1. The lowest BCUT2D eigenvalue weighted by Crippen LogP contribution is -2.01. The lowest BCUT2D eigenvalue weighted by molar-refractivity contribution is 0.501. The third-order valence-corrected chi connectivity index (χ3v) is 4.12. The molecule has 0 aliphatic rings. The Morgan fingerprint density at radius 3 is 2.60 bits per heavy atom. The van der Waals surface area contributed by atoms with Crippen molar-refractivity contribution < 1.29 is 8.63 Å². The molecule has 0 aliphatic heterocycles. The zero-order chi connectivity index (χ0) is 14.7. The number of aryl methyl sites for hydroxylation is 2. The van der Waals surface area contributed by atoms with Crippen LogP contribution in [-0.2, 0) is 23.1 Å². The van der Waals surface area contributed by atoms with E-state index in [4.69, 9.17) is 16.0 Å². The summed E-state index contributed by atoms with van der Waals surface area (Å²) in [5.74, 6) is 2.31. The molecule has 1 aromatic carbocycles. The predicted molar refractivity (Wildman–Crippen MR) is 84.7 cm³/mol. The summed E-state index contributed by atoms with van der Waals surface area (Å²) in [5, 5.41) is 3.99. The fourth-order valence-electron chi connectivity index (χ4n) is 2.07. The van der Waals surface area contributed by atoms with Gasteiger partial charge in [0.05, 0.1) is 0 Å². The smallest absolute Gasteiger partial charge is 0.106 e. The quantitative estimate of drug-likeness (QED) is 0.906. The molecule has 1 aromatic heterocycles. The molecule has 0 fully saturated rings. The van der Waals surface area contributed by atoms with Crippen LogP contribution in [0.1, 0.15) is 22.6 Å². The van der Waals surface area contributed by atoms with Gasteiger partial charge in [0.25, 0.3) is 0 Å². The van der Waals surface area contributed by atoms with Crippen LogP contribution in [0.15, 0.2) is 28.7 Å². The Morgan fingerprint density at radius 2 is 2.00 bits per heavy atom. The third kappa shape index (κ3) is 3.87. The molecule has 108 valence electrons. The Hall–Kier alpha value is -1.26. The fraction of sp³-hybridized carbons (Fsp3) is 0.333. The van der Waals surface area contributed by atoms with Crippen LogP contribution in [0.3, 0.4) is 0 Å². The molecule has 0 unspecified atom stereocenters. The van der Waals surface area contributed by atoms with Gasteiger partial charge in [-0.1, -0.05) is 11.6 Å². The Kier molecular flexibility index (Phi) is 4.89. The molecule has 0 aliphatic carbocycles. The van der Waals surface area contributed by atoms with Crippen LogP contribution >= 0.6 is 11.6 Å². The van der Waals surface area contributed by atoms with Crippen molar-refractivity contribution in [2.24, 2.45) is 0 Å². The van der Waals surface area contributed by atoms with Gasteiger partial charge in [0.2, 0.25) is 0 Å². The molecule has 1 atom stereocenters. The van der Waals surface area contributed by atoms with Crippen molar-refractivity contribution in [3.63, 3.8) is 0 Å². The average Bonchev–Trinajstić information content (AvgIpc) is 2.68. The molecule has 2 aromatic rings. The van der Waals surface area contributed by atoms with Gasteiger partial charge in [-0.2, -0.15) is 0 Å². The monoisotopic (exact) mass is 311 g/mol. The first kappa shape index (κ1) is 15.1. The van der Waals surface area contributed by atoms with Crippen molar-refractivity contribution in [1.82, 2.24) is 0 Å². The number of anilines is 1. The van der Waals surface area contributed by atoms with Gasteiger partial charge < -0.3 is 9.73 Å². The lowest BCUT2D eigenvalue weighted by atomic mass is 10.2. The maximum absolute atomic E-state index is 11.3. The second-order valence-corrected chi connectivity index (χ2v) is 6.66. The van der Waals surface area contributed by atoms with Gasteiger partial charge in [-0.25, -0.2) is 0 Å². The number of hydrogen-bond donors (Lipinski definition) is 1. The highest BCUT2D eigenvalue weighted by Gasteiger charge is 2.07. The molecule has 0 bridgehead atoms. The molecular weight excluding hydrogens is 294 g/mol. The second kappa shape index (κ2) is 6.46. The molecule has 0 amide bonds. The van der Waals surface area contributed by atoms with Gasteiger partial charge in [0, 0.05) is 45.6 Å². The number of furan rings is 1. The van der Waals surface area contributed by atoms with Crippen LogP contribution in [0.5, 0.6) is 0 Å². The fourth-order valence-corrected chi connectivity index (χ4v) is 3.01.